The minimum absolute atomic E-state index is 0.0101. The average molecular weight is 378 g/mol. The number of imide groups is 1. The van der Waals surface area contributed by atoms with Crippen molar-refractivity contribution in [1.29, 1.82) is 0 Å². The van der Waals surface area contributed by atoms with Crippen LogP contribution in [0, 0.1) is 5.82 Å². The van der Waals surface area contributed by atoms with E-state index in [1.54, 1.807) is 17.4 Å². The molecule has 1 fully saturated rings. The normalized spacial score (nSPS) is 17.8. The van der Waals surface area contributed by atoms with Gasteiger partial charge in [0.25, 0.3) is 5.91 Å². The third-order valence-electron chi connectivity index (χ3n) is 4.16. The predicted molar refractivity (Wildman–Crippen MR) is 90.7 cm³/mol. The lowest BCUT2D eigenvalue weighted by Gasteiger charge is -2.14. The van der Waals surface area contributed by atoms with Gasteiger partial charge in [0, 0.05) is 5.56 Å². The summed E-state index contributed by atoms with van der Waals surface area (Å²) >= 11 is 0. The molecule has 1 heterocycles. The van der Waals surface area contributed by atoms with Gasteiger partial charge in [-0.1, -0.05) is 12.1 Å². The lowest BCUT2D eigenvalue weighted by molar-refractivity contribution is -0.690. The monoisotopic (exact) mass is 378 g/mol. The van der Waals surface area contributed by atoms with Gasteiger partial charge in [-0.25, -0.2) is 22.8 Å². The molecule has 1 saturated heterocycles. The Morgan fingerprint density at radius 3 is 2.27 bits per heavy atom. The first kappa shape index (κ1) is 18.2. The van der Waals surface area contributed by atoms with Crippen LogP contribution in [0.1, 0.15) is 12.0 Å². The van der Waals surface area contributed by atoms with Crippen LogP contribution in [0.3, 0.4) is 0 Å². The molecule has 3 rings (SSSR count). The fourth-order valence-corrected chi connectivity index (χ4v) is 3.31. The number of rotatable bonds is 5. The first-order valence-electron chi connectivity index (χ1n) is 7.83. The van der Waals surface area contributed by atoms with Crippen molar-refractivity contribution in [3.63, 3.8) is 0 Å². The van der Waals surface area contributed by atoms with Crippen molar-refractivity contribution in [3.05, 3.63) is 59.9 Å². The van der Waals surface area contributed by atoms with E-state index in [0.29, 0.717) is 12.2 Å². The zero-order chi connectivity index (χ0) is 18.9. The van der Waals surface area contributed by atoms with Crippen LogP contribution in [0.4, 0.5) is 10.1 Å². The van der Waals surface area contributed by atoms with E-state index >= 15 is 0 Å². The minimum atomic E-state index is -3.75. The number of primary sulfonamides is 1. The molecule has 0 aliphatic carbocycles. The van der Waals surface area contributed by atoms with Gasteiger partial charge in [-0.3, -0.25) is 9.59 Å². The first-order valence-corrected chi connectivity index (χ1v) is 9.38. The van der Waals surface area contributed by atoms with Gasteiger partial charge in [0.05, 0.1) is 17.0 Å². The second-order valence-corrected chi connectivity index (χ2v) is 7.54. The van der Waals surface area contributed by atoms with Gasteiger partial charge >= 0.3 is 0 Å². The maximum atomic E-state index is 13.0. The summed E-state index contributed by atoms with van der Waals surface area (Å²) in [5.41, 5.74) is 1.13. The number of halogens is 1. The number of amides is 2. The zero-order valence-electron chi connectivity index (χ0n) is 13.6. The second-order valence-electron chi connectivity index (χ2n) is 5.98. The molecule has 2 amide bonds. The fraction of sp³-hybridized carbons (Fsp3) is 0.176. The van der Waals surface area contributed by atoms with E-state index < -0.39 is 21.9 Å². The molecular weight excluding hydrogens is 361 g/mol. The highest BCUT2D eigenvalue weighted by Crippen LogP contribution is 2.21. The predicted octanol–water partition coefficient (Wildman–Crippen LogP) is -0.131. The van der Waals surface area contributed by atoms with Crippen LogP contribution in [-0.4, -0.2) is 26.3 Å². The van der Waals surface area contributed by atoms with Gasteiger partial charge in [0.1, 0.15) is 12.4 Å². The molecule has 0 unspecified atom stereocenters. The molecule has 2 aromatic carbocycles. The summed E-state index contributed by atoms with van der Waals surface area (Å²) in [6.45, 7) is 0.395. The lowest BCUT2D eigenvalue weighted by Crippen LogP contribution is -2.90. The number of nitrogens with zero attached hydrogens (tertiary/aromatic N) is 1. The smallest absolute Gasteiger partial charge is 0.292 e. The van der Waals surface area contributed by atoms with E-state index in [-0.39, 0.29) is 23.1 Å². The summed E-state index contributed by atoms with van der Waals surface area (Å²) in [5, 5.41) is 6.76. The fourth-order valence-electron chi connectivity index (χ4n) is 2.79. The van der Waals surface area contributed by atoms with Crippen LogP contribution < -0.4 is 15.4 Å². The summed E-state index contributed by atoms with van der Waals surface area (Å²) < 4.78 is 35.5. The van der Waals surface area contributed by atoms with Gasteiger partial charge in [0.2, 0.25) is 15.9 Å². The molecule has 0 radical (unpaired) electrons. The molecule has 9 heteroatoms. The van der Waals surface area contributed by atoms with Crippen LogP contribution in [0.25, 0.3) is 0 Å². The van der Waals surface area contributed by atoms with E-state index in [1.807, 2.05) is 0 Å². The van der Waals surface area contributed by atoms with Gasteiger partial charge < -0.3 is 5.32 Å². The summed E-state index contributed by atoms with van der Waals surface area (Å²) in [5.74, 6) is -1.14. The Kier molecular flexibility index (Phi) is 4.86. The van der Waals surface area contributed by atoms with Gasteiger partial charge in [-0.05, 0) is 36.4 Å². The molecule has 136 valence electrons. The highest BCUT2D eigenvalue weighted by Gasteiger charge is 2.42. The van der Waals surface area contributed by atoms with Crippen molar-refractivity contribution >= 4 is 27.5 Å². The van der Waals surface area contributed by atoms with E-state index in [9.17, 15) is 22.4 Å². The molecule has 2 aromatic rings. The van der Waals surface area contributed by atoms with E-state index in [1.165, 1.54) is 36.4 Å². The van der Waals surface area contributed by atoms with Gasteiger partial charge in [-0.2, -0.15) is 0 Å². The number of nitrogens with two attached hydrogens (primary N) is 2. The molecule has 4 N–H and O–H groups in total. The molecule has 7 nitrogen and oxygen atoms in total. The van der Waals surface area contributed by atoms with Crippen molar-refractivity contribution in [2.45, 2.75) is 23.9 Å². The maximum Gasteiger partial charge on any atom is 0.292 e. The Balaban J connectivity index is 1.67. The SMILES string of the molecule is NS(=O)(=O)c1ccc(C[NH2+][C@@H]2CC(=O)N(c3ccc(F)cc3)C2=O)cc1. The van der Waals surface area contributed by atoms with Crippen molar-refractivity contribution in [2.24, 2.45) is 5.14 Å². The van der Waals surface area contributed by atoms with Gasteiger partial charge in [0.15, 0.2) is 6.04 Å². The standard InChI is InChI=1S/C17H16FN3O4S/c18-12-3-5-13(6-4-12)21-16(22)9-15(17(21)23)20-10-11-1-7-14(8-2-11)26(19,24)25/h1-8,15,20H,9-10H2,(H2,19,24,25)/p+1/t15-/m1/s1. The Morgan fingerprint density at radius 1 is 1.08 bits per heavy atom. The summed E-state index contributed by atoms with van der Waals surface area (Å²) in [4.78, 5) is 25.7. The molecule has 0 bridgehead atoms. The lowest BCUT2D eigenvalue weighted by atomic mass is 10.2. The van der Waals surface area contributed by atoms with Crippen LogP contribution >= 0.6 is 0 Å². The molecule has 0 saturated carbocycles. The van der Waals surface area contributed by atoms with E-state index in [0.717, 1.165) is 10.5 Å². The van der Waals surface area contributed by atoms with Crippen LogP contribution in [-0.2, 0) is 26.2 Å². The van der Waals surface area contributed by atoms with E-state index in [4.69, 9.17) is 5.14 Å². The number of sulfonamides is 1. The number of hydrogen-bond acceptors (Lipinski definition) is 4. The maximum absolute atomic E-state index is 13.0. The van der Waals surface area contributed by atoms with Crippen LogP contribution in [0.5, 0.6) is 0 Å². The first-order chi connectivity index (χ1) is 12.3. The van der Waals surface area contributed by atoms with E-state index in [2.05, 4.69) is 0 Å². The number of carbonyl (C=O) groups excluding carboxylic acids is 2. The molecule has 0 spiro atoms. The second kappa shape index (κ2) is 6.94. The number of quaternary nitrogens is 1. The molecule has 0 aromatic heterocycles. The Bertz CT molecular complexity index is 943. The molecule has 26 heavy (non-hydrogen) atoms. The molecular formula is C17H17FN3O4S+. The third kappa shape index (κ3) is 3.79. The molecule has 1 aliphatic heterocycles. The number of hydrogen-bond donors (Lipinski definition) is 2. The Morgan fingerprint density at radius 2 is 1.69 bits per heavy atom. The van der Waals surface area contributed by atoms with Crippen molar-refractivity contribution in [2.75, 3.05) is 4.90 Å². The Labute approximate surface area is 149 Å². The van der Waals surface area contributed by atoms with Crippen molar-refractivity contribution in [3.8, 4) is 0 Å². The van der Waals surface area contributed by atoms with Crippen molar-refractivity contribution in [1.82, 2.24) is 0 Å². The number of carbonyl (C=O) groups is 2. The third-order valence-corrected chi connectivity index (χ3v) is 5.09. The molecule has 1 atom stereocenters. The number of benzene rings is 2. The van der Waals surface area contributed by atoms with Gasteiger partial charge in [-0.15, -0.1) is 0 Å². The highest BCUT2D eigenvalue weighted by molar-refractivity contribution is 7.89. The Hall–Kier alpha value is -2.62. The minimum Gasteiger partial charge on any atom is -0.332 e. The number of anilines is 1. The quantitative estimate of drug-likeness (QED) is 0.705. The topological polar surface area (TPSA) is 114 Å². The zero-order valence-corrected chi connectivity index (χ0v) is 14.4. The molecule has 1 aliphatic rings. The van der Waals surface area contributed by atoms with Crippen molar-refractivity contribution < 1.29 is 27.7 Å². The summed E-state index contributed by atoms with van der Waals surface area (Å²) in [6, 6.07) is 10.6. The largest absolute Gasteiger partial charge is 0.332 e. The van der Waals surface area contributed by atoms with Crippen LogP contribution in [0.15, 0.2) is 53.4 Å². The summed E-state index contributed by atoms with van der Waals surface area (Å²) in [6.07, 6.45) is 0.0471. The summed E-state index contributed by atoms with van der Waals surface area (Å²) in [7, 11) is -3.75. The highest BCUT2D eigenvalue weighted by atomic mass is 32.2. The van der Waals surface area contributed by atoms with Crippen LogP contribution in [0.2, 0.25) is 0 Å². The average Bonchev–Trinajstić information content (AvgIpc) is 2.87.